The minimum absolute atomic E-state index is 0.0449. The Kier molecular flexibility index (Phi) is 12.2. The molecule has 0 heterocycles. The summed E-state index contributed by atoms with van der Waals surface area (Å²) in [5.41, 5.74) is 5.77. The van der Waals surface area contributed by atoms with Gasteiger partial charge in [0.15, 0.2) is 0 Å². The van der Waals surface area contributed by atoms with Gasteiger partial charge in [-0.1, -0.05) is 25.2 Å². The third kappa shape index (κ3) is 10.2. The third-order valence-electron chi connectivity index (χ3n) is 3.97. The number of carboxylic acid groups (broad SMARTS) is 1. The highest BCUT2D eigenvalue weighted by molar-refractivity contribution is 5.92. The lowest BCUT2D eigenvalue weighted by Gasteiger charge is -2.25. The Hall–Kier alpha value is -3.37. The van der Waals surface area contributed by atoms with Crippen LogP contribution >= 0.6 is 0 Å². The molecule has 168 valence electrons. The van der Waals surface area contributed by atoms with Crippen molar-refractivity contribution in [2.75, 3.05) is 20.2 Å². The highest BCUT2D eigenvalue weighted by Gasteiger charge is 2.28. The predicted octanol–water partition coefficient (Wildman–Crippen LogP) is -0.0832. The summed E-state index contributed by atoms with van der Waals surface area (Å²) in [6.07, 6.45) is 4.91. The Labute approximate surface area is 175 Å². The van der Waals surface area contributed by atoms with Crippen LogP contribution in [0.25, 0.3) is 0 Å². The van der Waals surface area contributed by atoms with Crippen LogP contribution in [0.1, 0.15) is 33.6 Å². The highest BCUT2D eigenvalue weighted by atomic mass is 16.5. The number of hydrogen-bond donors (Lipinski definition) is 4. The number of nitrogens with two attached hydrogens (primary N) is 1. The van der Waals surface area contributed by atoms with Gasteiger partial charge in [0.05, 0.1) is 6.42 Å². The number of aliphatic carboxylic acids is 1. The molecule has 11 heteroatoms. The van der Waals surface area contributed by atoms with Crippen LogP contribution in [0.3, 0.4) is 0 Å². The molecule has 0 aliphatic rings. The number of allylic oxidation sites excluding steroid dienone is 2. The zero-order valence-electron chi connectivity index (χ0n) is 17.6. The lowest BCUT2D eigenvalue weighted by molar-refractivity contribution is -0.145. The number of carbonyl (C=O) groups is 5. The van der Waals surface area contributed by atoms with Crippen molar-refractivity contribution < 1.29 is 33.8 Å². The first kappa shape index (κ1) is 26.6. The van der Waals surface area contributed by atoms with E-state index in [0.717, 1.165) is 16.9 Å². The average molecular weight is 426 g/mol. The van der Waals surface area contributed by atoms with Crippen molar-refractivity contribution in [3.8, 4) is 0 Å². The SMILES string of the molecule is C/C=C\C(=C/CC)COC(=O)NCC(=O)N(C)C(C)C(=O)NC(CC(N)=O)C(=O)O. The van der Waals surface area contributed by atoms with Crippen LogP contribution in [0.4, 0.5) is 4.79 Å². The van der Waals surface area contributed by atoms with Gasteiger partial charge < -0.3 is 31.1 Å². The largest absolute Gasteiger partial charge is 0.480 e. The number of carbonyl (C=O) groups excluding carboxylic acids is 4. The summed E-state index contributed by atoms with van der Waals surface area (Å²) in [5.74, 6) is -3.71. The van der Waals surface area contributed by atoms with Crippen LogP contribution in [0.2, 0.25) is 0 Å². The maximum atomic E-state index is 12.2. The minimum Gasteiger partial charge on any atom is -0.480 e. The molecule has 0 saturated carbocycles. The number of primary amides is 1. The second-order valence-corrected chi connectivity index (χ2v) is 6.37. The second-order valence-electron chi connectivity index (χ2n) is 6.37. The van der Waals surface area contributed by atoms with Crippen LogP contribution in [0, 0.1) is 0 Å². The molecule has 0 aromatic rings. The van der Waals surface area contributed by atoms with E-state index in [-0.39, 0.29) is 6.61 Å². The highest BCUT2D eigenvalue weighted by Crippen LogP contribution is 2.02. The zero-order valence-corrected chi connectivity index (χ0v) is 17.6. The molecule has 5 N–H and O–H groups in total. The van der Waals surface area contributed by atoms with Crippen LogP contribution in [0.5, 0.6) is 0 Å². The predicted molar refractivity (Wildman–Crippen MR) is 108 cm³/mol. The quantitative estimate of drug-likeness (QED) is 0.316. The van der Waals surface area contributed by atoms with Crippen molar-refractivity contribution in [1.29, 1.82) is 0 Å². The van der Waals surface area contributed by atoms with Gasteiger partial charge in [-0.25, -0.2) is 9.59 Å². The van der Waals surface area contributed by atoms with Gasteiger partial charge in [0.25, 0.3) is 0 Å². The monoisotopic (exact) mass is 426 g/mol. The summed E-state index contributed by atoms with van der Waals surface area (Å²) in [6, 6.07) is -2.56. The van der Waals surface area contributed by atoms with E-state index >= 15 is 0 Å². The number of carboxylic acids is 1. The molecule has 0 bridgehead atoms. The van der Waals surface area contributed by atoms with Crippen molar-refractivity contribution in [3.05, 3.63) is 23.8 Å². The fourth-order valence-electron chi connectivity index (χ4n) is 2.21. The number of nitrogens with one attached hydrogen (secondary N) is 2. The molecule has 2 atom stereocenters. The van der Waals surface area contributed by atoms with Gasteiger partial charge in [-0.15, -0.1) is 0 Å². The number of likely N-dealkylation sites (N-methyl/N-ethyl adjacent to an activating group) is 1. The third-order valence-corrected chi connectivity index (χ3v) is 3.97. The Morgan fingerprint density at radius 3 is 2.37 bits per heavy atom. The number of alkyl carbamates (subject to hydrolysis) is 1. The first-order chi connectivity index (χ1) is 14.0. The Bertz CT molecular complexity index is 703. The summed E-state index contributed by atoms with van der Waals surface area (Å²) in [4.78, 5) is 59.2. The van der Waals surface area contributed by atoms with Crippen LogP contribution in [0.15, 0.2) is 23.8 Å². The summed E-state index contributed by atoms with van der Waals surface area (Å²) >= 11 is 0. The van der Waals surface area contributed by atoms with Crippen LogP contribution in [-0.4, -0.2) is 72.1 Å². The summed E-state index contributed by atoms with van der Waals surface area (Å²) < 4.78 is 5.03. The van der Waals surface area contributed by atoms with Gasteiger partial charge in [-0.05, 0) is 25.8 Å². The first-order valence-corrected chi connectivity index (χ1v) is 9.32. The maximum absolute atomic E-state index is 12.2. The molecule has 0 rings (SSSR count). The number of hydrogen-bond acceptors (Lipinski definition) is 6. The molecule has 11 nitrogen and oxygen atoms in total. The summed E-state index contributed by atoms with van der Waals surface area (Å²) in [5, 5.41) is 13.5. The van der Waals surface area contributed by atoms with Crippen molar-refractivity contribution in [3.63, 3.8) is 0 Å². The van der Waals surface area contributed by atoms with Gasteiger partial charge in [-0.3, -0.25) is 14.4 Å². The van der Waals surface area contributed by atoms with Gasteiger partial charge in [-0.2, -0.15) is 0 Å². The van der Waals surface area contributed by atoms with E-state index in [4.69, 9.17) is 15.6 Å². The van der Waals surface area contributed by atoms with Gasteiger partial charge >= 0.3 is 12.1 Å². The lowest BCUT2D eigenvalue weighted by atomic mass is 10.1. The van der Waals surface area contributed by atoms with Gasteiger partial charge in [0.2, 0.25) is 17.7 Å². The maximum Gasteiger partial charge on any atom is 0.407 e. The Morgan fingerprint density at radius 1 is 1.23 bits per heavy atom. The fourth-order valence-corrected chi connectivity index (χ4v) is 2.21. The topological polar surface area (TPSA) is 168 Å². The van der Waals surface area contributed by atoms with Crippen molar-refractivity contribution in [2.45, 2.75) is 45.7 Å². The Morgan fingerprint density at radius 2 is 1.87 bits per heavy atom. The molecule has 0 aromatic heterocycles. The van der Waals surface area contributed by atoms with Crippen molar-refractivity contribution in [1.82, 2.24) is 15.5 Å². The molecule has 0 aliphatic carbocycles. The standard InChI is InChI=1S/C19H30N4O7/c1-5-7-13(8-6-2)11-30-19(29)21-10-16(25)23(4)12(3)17(26)22-14(18(27)28)9-15(20)24/h5,7-8,12,14H,6,9-11H2,1-4H3,(H2,20,24)(H,21,29)(H,22,26)(H,27,28)/b7-5-,13-8+. The van der Waals surface area contributed by atoms with Crippen LogP contribution < -0.4 is 16.4 Å². The Balaban J connectivity index is 4.65. The molecule has 4 amide bonds. The summed E-state index contributed by atoms with van der Waals surface area (Å²) in [7, 11) is 1.32. The van der Waals surface area contributed by atoms with Crippen molar-refractivity contribution >= 4 is 29.8 Å². The van der Waals surface area contributed by atoms with Crippen LogP contribution in [-0.2, 0) is 23.9 Å². The lowest BCUT2D eigenvalue weighted by Crippen LogP contribution is -2.53. The molecule has 0 fully saturated rings. The average Bonchev–Trinajstić information content (AvgIpc) is 2.68. The van der Waals surface area contributed by atoms with E-state index in [9.17, 15) is 24.0 Å². The molecule has 30 heavy (non-hydrogen) atoms. The van der Waals surface area contributed by atoms with E-state index in [1.54, 1.807) is 6.08 Å². The van der Waals surface area contributed by atoms with E-state index in [1.165, 1.54) is 14.0 Å². The smallest absolute Gasteiger partial charge is 0.407 e. The van der Waals surface area contributed by atoms with Gasteiger partial charge in [0, 0.05) is 7.05 Å². The molecule has 2 unspecified atom stereocenters. The number of nitrogens with zero attached hydrogens (tertiary/aromatic N) is 1. The zero-order chi connectivity index (χ0) is 23.3. The first-order valence-electron chi connectivity index (χ1n) is 9.32. The molecular weight excluding hydrogens is 396 g/mol. The van der Waals surface area contributed by atoms with E-state index in [2.05, 4.69) is 10.6 Å². The molecule has 0 spiro atoms. The number of ether oxygens (including phenoxy) is 1. The van der Waals surface area contributed by atoms with Gasteiger partial charge in [0.1, 0.15) is 25.2 Å². The van der Waals surface area contributed by atoms with E-state index in [0.29, 0.717) is 0 Å². The number of rotatable bonds is 12. The normalized spacial score (nSPS) is 13.3. The molecule has 0 saturated heterocycles. The molecular formula is C19H30N4O7. The van der Waals surface area contributed by atoms with E-state index in [1.807, 2.05) is 26.0 Å². The van der Waals surface area contributed by atoms with Crippen molar-refractivity contribution in [2.24, 2.45) is 5.73 Å². The fraction of sp³-hybridized carbons (Fsp3) is 0.526. The molecule has 0 aliphatic heterocycles. The summed E-state index contributed by atoms with van der Waals surface area (Å²) in [6.45, 7) is 4.77. The second kappa shape index (κ2) is 13.7. The molecule has 0 aromatic carbocycles. The molecule has 0 radical (unpaired) electrons. The number of amides is 4. The minimum atomic E-state index is -1.50. The van der Waals surface area contributed by atoms with E-state index < -0.39 is 54.8 Å².